The highest BCUT2D eigenvalue weighted by molar-refractivity contribution is 6.58. The van der Waals surface area contributed by atoms with Gasteiger partial charge in [-0.25, -0.2) is 0 Å². The van der Waals surface area contributed by atoms with Crippen molar-refractivity contribution in [2.45, 2.75) is 34.3 Å². The van der Waals surface area contributed by atoms with Gasteiger partial charge in [0.05, 0.1) is 5.44 Å². The minimum Gasteiger partial charge on any atom is -0.357 e. The van der Waals surface area contributed by atoms with Gasteiger partial charge in [0.25, 0.3) is 11.8 Å². The quantitative estimate of drug-likeness (QED) is 0.307. The number of carbonyl (C=O) groups is 4. The lowest BCUT2D eigenvalue weighted by atomic mass is 9.35. The Bertz CT molecular complexity index is 1380. The van der Waals surface area contributed by atoms with E-state index < -0.39 is 51.0 Å². The van der Waals surface area contributed by atoms with Crippen LogP contribution in [0.3, 0.4) is 0 Å². The molecule has 2 aliphatic rings. The lowest BCUT2D eigenvalue weighted by molar-refractivity contribution is -0.147. The Morgan fingerprint density at radius 2 is 1.61 bits per heavy atom. The molecule has 4 rings (SSSR count). The smallest absolute Gasteiger partial charge is 0.349 e. The van der Waals surface area contributed by atoms with Gasteiger partial charge in [-0.1, -0.05) is 35.9 Å². The molecule has 2 aromatic rings. The van der Waals surface area contributed by atoms with Gasteiger partial charge in [0.1, 0.15) is 47.1 Å². The number of hydrogen-bond donors (Lipinski definition) is 2. The molecule has 0 saturated carbocycles. The van der Waals surface area contributed by atoms with Gasteiger partial charge in [-0.05, 0) is 40.4 Å². The van der Waals surface area contributed by atoms with Crippen LogP contribution >= 0.6 is 11.6 Å². The first-order valence-corrected chi connectivity index (χ1v) is 12.6. The number of carbonyl (C=O) groups excluding carboxylic acids is 4. The number of alkyl halides is 2. The molecule has 38 heavy (non-hydrogen) atoms. The van der Waals surface area contributed by atoms with Gasteiger partial charge >= 0.3 is 5.92 Å². The molecular weight excluding hydrogens is 509 g/mol. The van der Waals surface area contributed by atoms with E-state index >= 15 is 0 Å². The van der Waals surface area contributed by atoms with Crippen molar-refractivity contribution in [3.05, 3.63) is 69.7 Å². The molecule has 2 N–H and O–H groups in total. The molecule has 2 heterocycles. The average Bonchev–Trinajstić information content (AvgIpc) is 3.18. The van der Waals surface area contributed by atoms with E-state index in [9.17, 15) is 28.0 Å². The topological polar surface area (TPSA) is 95.6 Å². The Labute approximate surface area is 229 Å². The maximum absolute atomic E-state index is 14.9. The van der Waals surface area contributed by atoms with Crippen LogP contribution in [-0.2, 0) is 32.2 Å². The molecule has 2 atom stereocenters. The highest BCUT2D eigenvalue weighted by atomic mass is 35.5. The molecule has 2 aliphatic heterocycles. The summed E-state index contributed by atoms with van der Waals surface area (Å²) in [5, 5.41) is 2.98. The zero-order valence-electron chi connectivity index (χ0n) is 22.0. The van der Waals surface area contributed by atoms with E-state index in [2.05, 4.69) is 10.6 Å². The number of nitrogens with one attached hydrogen (secondary N) is 2. The summed E-state index contributed by atoms with van der Waals surface area (Å²) in [5.41, 5.74) is -0.306. The predicted molar refractivity (Wildman–Crippen MR) is 155 cm³/mol. The molecule has 0 radical (unpaired) electrons. The van der Waals surface area contributed by atoms with Gasteiger partial charge in [0.2, 0.25) is 11.8 Å². The Morgan fingerprint density at radius 3 is 2.21 bits per heavy atom. The molecule has 0 aliphatic carbocycles. The van der Waals surface area contributed by atoms with Crippen molar-refractivity contribution in [3.8, 4) is 0 Å². The van der Waals surface area contributed by atoms with Crippen LogP contribution in [0.2, 0.25) is 16.1 Å². The maximum atomic E-state index is 14.9. The van der Waals surface area contributed by atoms with Crippen molar-refractivity contribution >= 4 is 82.3 Å². The van der Waals surface area contributed by atoms with Crippen molar-refractivity contribution in [1.82, 2.24) is 15.5 Å². The molecular formula is C22H24B6ClF2N3O4. The fourth-order valence-electron chi connectivity index (χ4n) is 5.15. The minimum absolute atomic E-state index is 0.0888. The summed E-state index contributed by atoms with van der Waals surface area (Å²) in [6.45, 7) is 0.0888. The number of hydrogen-bond acceptors (Lipinski definition) is 4. The molecule has 0 aromatic heterocycles. The third-order valence-electron chi connectivity index (χ3n) is 8.31. The van der Waals surface area contributed by atoms with E-state index in [1.54, 1.807) is 65.3 Å². The second kappa shape index (κ2) is 9.07. The van der Waals surface area contributed by atoms with E-state index in [4.69, 9.17) is 11.6 Å². The summed E-state index contributed by atoms with van der Waals surface area (Å²) in [4.78, 5) is 53.0. The van der Waals surface area contributed by atoms with Crippen LogP contribution in [0.1, 0.15) is 27.0 Å². The van der Waals surface area contributed by atoms with Crippen molar-refractivity contribution in [2.75, 3.05) is 0 Å². The number of imide groups is 1. The summed E-state index contributed by atoms with van der Waals surface area (Å²) in [6.07, 6.45) is 0. The van der Waals surface area contributed by atoms with Gasteiger partial charge in [-0.3, -0.25) is 24.5 Å². The molecule has 1 fully saturated rings. The van der Waals surface area contributed by atoms with Crippen LogP contribution in [0.15, 0.2) is 42.5 Å². The second-order valence-electron chi connectivity index (χ2n) is 11.3. The summed E-state index contributed by atoms with van der Waals surface area (Å²) in [5.74, 6) is -7.07. The number of nitrogens with zero attached hydrogens (tertiary/aromatic N) is 1. The molecule has 1 saturated heterocycles. The van der Waals surface area contributed by atoms with Crippen LogP contribution in [0.4, 0.5) is 8.78 Å². The zero-order chi connectivity index (χ0) is 28.4. The van der Waals surface area contributed by atoms with E-state index in [0.717, 1.165) is 12.1 Å². The van der Waals surface area contributed by atoms with Gasteiger partial charge < -0.3 is 10.2 Å². The van der Waals surface area contributed by atoms with E-state index in [-0.39, 0.29) is 17.5 Å². The Morgan fingerprint density at radius 1 is 1.03 bits per heavy atom. The second-order valence-corrected chi connectivity index (χ2v) is 11.7. The molecule has 7 nitrogen and oxygen atoms in total. The normalized spacial score (nSPS) is 23.1. The lowest BCUT2D eigenvalue weighted by Crippen LogP contribution is -2.70. The van der Waals surface area contributed by atoms with Crippen molar-refractivity contribution in [3.63, 3.8) is 0 Å². The SMILES string of the molecule is BC1C(B)(B)C(=O)NC(=O)C1(B)N1Cc2cc(C(B)(B)NC(=O)C(F)(F)c3ccc(Cl)cc3)ccc2C1=O. The van der Waals surface area contributed by atoms with E-state index in [1.165, 1.54) is 17.0 Å². The predicted octanol–water partition coefficient (Wildman–Crippen LogP) is -3.63. The molecule has 2 unspecified atom stereocenters. The highest BCUT2D eigenvalue weighted by Gasteiger charge is 2.58. The first kappa shape index (κ1) is 28.1. The summed E-state index contributed by atoms with van der Waals surface area (Å²) < 4.78 is 29.8. The van der Waals surface area contributed by atoms with Gasteiger partial charge in [-0.2, -0.15) is 8.78 Å². The van der Waals surface area contributed by atoms with Gasteiger partial charge in [0, 0.05) is 28.0 Å². The standard InChI is InChI=1S/C22H24B6ClF2N3O4/c23-15-19(24,25)16(36)32-17(37)20(15,26)34-8-9-7-11(3-6-13(9)14(34)35)22(27,28)33-18(38)21(30,31)10-1-4-12(29)5-2-10/h1-7,15H,8,23-28H2,(H,33,38)(H,32,36,37). The molecule has 190 valence electrons. The summed E-state index contributed by atoms with van der Waals surface area (Å²) in [7, 11) is 10.1. The first-order valence-electron chi connectivity index (χ1n) is 12.2. The van der Waals surface area contributed by atoms with E-state index in [1.807, 2.05) is 0 Å². The number of fused-ring (bicyclic) bond motifs is 1. The molecule has 0 spiro atoms. The van der Waals surface area contributed by atoms with E-state index in [0.29, 0.717) is 16.7 Å². The maximum Gasteiger partial charge on any atom is 0.349 e. The summed E-state index contributed by atoms with van der Waals surface area (Å²) in [6, 6.07) is 9.63. The largest absolute Gasteiger partial charge is 0.357 e. The molecule has 16 heteroatoms. The van der Waals surface area contributed by atoms with Crippen LogP contribution in [-0.4, -0.2) is 81.0 Å². The zero-order valence-corrected chi connectivity index (χ0v) is 22.8. The molecule has 0 bridgehead atoms. The average molecular weight is 533 g/mol. The minimum atomic E-state index is -3.80. The fourth-order valence-corrected chi connectivity index (χ4v) is 5.28. The lowest BCUT2D eigenvalue weighted by Gasteiger charge is -2.51. The van der Waals surface area contributed by atoms with Crippen molar-refractivity contribution in [2.24, 2.45) is 0 Å². The number of rotatable bonds is 5. The monoisotopic (exact) mass is 533 g/mol. The van der Waals surface area contributed by atoms with Crippen LogP contribution < -0.4 is 10.6 Å². The van der Waals surface area contributed by atoms with Gasteiger partial charge in [-0.15, -0.1) is 0 Å². The van der Waals surface area contributed by atoms with Crippen LogP contribution in [0, 0.1) is 0 Å². The Kier molecular flexibility index (Phi) is 6.70. The number of amides is 4. The first-order chi connectivity index (χ1) is 17.4. The van der Waals surface area contributed by atoms with Gasteiger partial charge in [0.15, 0.2) is 0 Å². The van der Waals surface area contributed by atoms with Crippen molar-refractivity contribution in [1.29, 1.82) is 0 Å². The number of halogens is 3. The van der Waals surface area contributed by atoms with Crippen molar-refractivity contribution < 1.29 is 28.0 Å². The third kappa shape index (κ3) is 4.28. The third-order valence-corrected chi connectivity index (χ3v) is 8.56. The summed E-state index contributed by atoms with van der Waals surface area (Å²) >= 11 is 5.78. The van der Waals surface area contributed by atoms with Crippen LogP contribution in [0.25, 0.3) is 0 Å². The fraction of sp³-hybridized carbons (Fsp3) is 0.273. The van der Waals surface area contributed by atoms with Crippen LogP contribution in [0.5, 0.6) is 0 Å². The molecule has 4 amide bonds. The molecule has 2 aromatic carbocycles. The Balaban J connectivity index is 1.60. The Hall–Kier alpha value is -2.94. The number of benzene rings is 2. The highest BCUT2D eigenvalue weighted by Crippen LogP contribution is 2.47. The number of piperidine rings is 1.